The van der Waals surface area contributed by atoms with Crippen LogP contribution in [0.5, 0.6) is 0 Å². The minimum atomic E-state index is 0.184. The van der Waals surface area contributed by atoms with Crippen LogP contribution < -0.4 is 5.32 Å². The van der Waals surface area contributed by atoms with Crippen molar-refractivity contribution in [1.29, 1.82) is 0 Å². The molecule has 1 aliphatic heterocycles. The summed E-state index contributed by atoms with van der Waals surface area (Å²) in [6.07, 6.45) is 1.92. The zero-order chi connectivity index (χ0) is 12.0. The molecule has 1 aliphatic rings. The van der Waals surface area contributed by atoms with Gasteiger partial charge in [-0.2, -0.15) is 0 Å². The minimum absolute atomic E-state index is 0.184. The van der Waals surface area contributed by atoms with E-state index in [9.17, 15) is 4.79 Å². The van der Waals surface area contributed by atoms with E-state index >= 15 is 0 Å². The van der Waals surface area contributed by atoms with Crippen molar-refractivity contribution in [1.82, 2.24) is 5.32 Å². The van der Waals surface area contributed by atoms with E-state index in [-0.39, 0.29) is 11.8 Å². The lowest BCUT2D eigenvalue weighted by molar-refractivity contribution is -0.122. The van der Waals surface area contributed by atoms with E-state index in [1.165, 1.54) is 5.56 Å². The van der Waals surface area contributed by atoms with Crippen molar-refractivity contribution in [3.63, 3.8) is 0 Å². The molecule has 1 fully saturated rings. The Kier molecular flexibility index (Phi) is 5.03. The predicted octanol–water partition coefficient (Wildman–Crippen LogP) is 2.78. The second kappa shape index (κ2) is 6.31. The number of amides is 1. The molecule has 1 aromatic rings. The summed E-state index contributed by atoms with van der Waals surface area (Å²) < 4.78 is 0. The van der Waals surface area contributed by atoms with Gasteiger partial charge in [0.2, 0.25) is 5.91 Å². The van der Waals surface area contributed by atoms with Gasteiger partial charge in [-0.15, -0.1) is 0 Å². The van der Waals surface area contributed by atoms with E-state index in [2.05, 4.69) is 17.4 Å². The van der Waals surface area contributed by atoms with Crippen molar-refractivity contribution in [2.45, 2.75) is 39.7 Å². The SMILES string of the molecule is CC.CC1C[C@H](Cc2ccccc2)NC1=O. The molecular weight excluding hydrogens is 198 g/mol. The Bertz CT molecular complexity index is 321. The summed E-state index contributed by atoms with van der Waals surface area (Å²) in [7, 11) is 0. The predicted molar refractivity (Wildman–Crippen MR) is 67.2 cm³/mol. The van der Waals surface area contributed by atoms with Crippen LogP contribution in [0.2, 0.25) is 0 Å². The molecule has 2 nitrogen and oxygen atoms in total. The first-order valence-electron chi connectivity index (χ1n) is 6.10. The highest BCUT2D eigenvalue weighted by Crippen LogP contribution is 2.17. The molecule has 16 heavy (non-hydrogen) atoms. The lowest BCUT2D eigenvalue weighted by atomic mass is 10.0. The fraction of sp³-hybridized carbons (Fsp3) is 0.500. The standard InChI is InChI=1S/C12H15NO.C2H6/c1-9-7-11(13-12(9)14)8-10-5-3-2-4-6-10;1-2/h2-6,9,11H,7-8H2,1H3,(H,13,14);1-2H3/t9?,11-;/m1./s1. The fourth-order valence-electron chi connectivity index (χ4n) is 1.97. The minimum Gasteiger partial charge on any atom is -0.353 e. The molecule has 1 N–H and O–H groups in total. The first-order valence-corrected chi connectivity index (χ1v) is 6.10. The van der Waals surface area contributed by atoms with Gasteiger partial charge in [-0.05, 0) is 18.4 Å². The zero-order valence-corrected chi connectivity index (χ0v) is 10.4. The molecule has 2 heteroatoms. The van der Waals surface area contributed by atoms with Crippen molar-refractivity contribution in [2.75, 3.05) is 0 Å². The summed E-state index contributed by atoms with van der Waals surface area (Å²) in [6, 6.07) is 10.6. The number of nitrogens with one attached hydrogen (secondary N) is 1. The highest BCUT2D eigenvalue weighted by molar-refractivity contribution is 5.80. The van der Waals surface area contributed by atoms with Crippen molar-refractivity contribution in [2.24, 2.45) is 5.92 Å². The van der Waals surface area contributed by atoms with Gasteiger partial charge in [0.15, 0.2) is 0 Å². The molecule has 88 valence electrons. The Hall–Kier alpha value is -1.31. The third kappa shape index (κ3) is 3.37. The van der Waals surface area contributed by atoms with Crippen LogP contribution in [0.3, 0.4) is 0 Å². The molecule has 1 heterocycles. The summed E-state index contributed by atoms with van der Waals surface area (Å²) in [4.78, 5) is 11.3. The van der Waals surface area contributed by atoms with Crippen LogP contribution in [0.25, 0.3) is 0 Å². The molecule has 2 atom stereocenters. The average molecular weight is 219 g/mol. The largest absolute Gasteiger partial charge is 0.353 e. The maximum absolute atomic E-state index is 11.3. The molecular formula is C14H21NO. The van der Waals surface area contributed by atoms with E-state index in [4.69, 9.17) is 0 Å². The van der Waals surface area contributed by atoms with Gasteiger partial charge in [0.1, 0.15) is 0 Å². The van der Waals surface area contributed by atoms with Crippen LogP contribution in [0.4, 0.5) is 0 Å². The number of hydrogen-bond donors (Lipinski definition) is 1. The van der Waals surface area contributed by atoms with E-state index in [0.717, 1.165) is 12.8 Å². The Balaban J connectivity index is 0.000000606. The molecule has 2 rings (SSSR count). The molecule has 0 radical (unpaired) electrons. The van der Waals surface area contributed by atoms with Crippen LogP contribution in [-0.4, -0.2) is 11.9 Å². The number of carbonyl (C=O) groups is 1. The Morgan fingerprint density at radius 2 is 1.88 bits per heavy atom. The molecule has 0 aliphatic carbocycles. The smallest absolute Gasteiger partial charge is 0.223 e. The third-order valence-electron chi connectivity index (χ3n) is 2.76. The van der Waals surface area contributed by atoms with E-state index in [1.807, 2.05) is 39.0 Å². The van der Waals surface area contributed by atoms with Crippen LogP contribution in [0, 0.1) is 5.92 Å². The normalized spacial score (nSPS) is 23.3. The van der Waals surface area contributed by atoms with Crippen LogP contribution >= 0.6 is 0 Å². The third-order valence-corrected chi connectivity index (χ3v) is 2.76. The summed E-state index contributed by atoms with van der Waals surface area (Å²) in [5.74, 6) is 0.384. The second-order valence-electron chi connectivity index (χ2n) is 4.03. The zero-order valence-electron chi connectivity index (χ0n) is 10.4. The topological polar surface area (TPSA) is 29.1 Å². The molecule has 1 unspecified atom stereocenters. The Morgan fingerprint density at radius 3 is 2.38 bits per heavy atom. The molecule has 1 aromatic carbocycles. The van der Waals surface area contributed by atoms with Crippen molar-refractivity contribution >= 4 is 5.91 Å². The lowest BCUT2D eigenvalue weighted by Crippen LogP contribution is -2.27. The fourth-order valence-corrected chi connectivity index (χ4v) is 1.97. The van der Waals surface area contributed by atoms with Gasteiger partial charge in [-0.25, -0.2) is 0 Å². The number of carbonyl (C=O) groups excluding carboxylic acids is 1. The summed E-state index contributed by atoms with van der Waals surface area (Å²) in [5, 5.41) is 3.01. The van der Waals surface area contributed by atoms with E-state index in [0.29, 0.717) is 6.04 Å². The van der Waals surface area contributed by atoms with E-state index < -0.39 is 0 Å². The molecule has 0 spiro atoms. The summed E-state index contributed by atoms with van der Waals surface area (Å²) in [6.45, 7) is 5.99. The van der Waals surface area contributed by atoms with Gasteiger partial charge in [-0.1, -0.05) is 51.1 Å². The number of benzene rings is 1. The first-order chi connectivity index (χ1) is 7.75. The molecule has 0 saturated carbocycles. The first kappa shape index (κ1) is 12.8. The maximum atomic E-state index is 11.3. The summed E-state index contributed by atoms with van der Waals surface area (Å²) >= 11 is 0. The summed E-state index contributed by atoms with van der Waals surface area (Å²) in [5.41, 5.74) is 1.30. The quantitative estimate of drug-likeness (QED) is 0.814. The molecule has 0 aromatic heterocycles. The highest BCUT2D eigenvalue weighted by Gasteiger charge is 2.27. The van der Waals surface area contributed by atoms with Crippen LogP contribution in [-0.2, 0) is 11.2 Å². The molecule has 1 amide bonds. The Labute approximate surface area is 98.1 Å². The average Bonchev–Trinajstić information content (AvgIpc) is 2.62. The van der Waals surface area contributed by atoms with Gasteiger partial charge in [0, 0.05) is 12.0 Å². The van der Waals surface area contributed by atoms with Crippen molar-refractivity contribution in [3.8, 4) is 0 Å². The number of hydrogen-bond acceptors (Lipinski definition) is 1. The van der Waals surface area contributed by atoms with Crippen LogP contribution in [0.15, 0.2) is 30.3 Å². The monoisotopic (exact) mass is 219 g/mol. The highest BCUT2D eigenvalue weighted by atomic mass is 16.2. The van der Waals surface area contributed by atoms with Gasteiger partial charge in [0.25, 0.3) is 0 Å². The molecule has 1 saturated heterocycles. The Morgan fingerprint density at radius 1 is 1.25 bits per heavy atom. The second-order valence-corrected chi connectivity index (χ2v) is 4.03. The van der Waals surface area contributed by atoms with Gasteiger partial charge < -0.3 is 5.32 Å². The van der Waals surface area contributed by atoms with Gasteiger partial charge in [-0.3, -0.25) is 4.79 Å². The van der Waals surface area contributed by atoms with Crippen molar-refractivity contribution in [3.05, 3.63) is 35.9 Å². The maximum Gasteiger partial charge on any atom is 0.223 e. The van der Waals surface area contributed by atoms with Gasteiger partial charge in [0.05, 0.1) is 0 Å². The molecule has 0 bridgehead atoms. The lowest BCUT2D eigenvalue weighted by Gasteiger charge is -2.09. The van der Waals surface area contributed by atoms with E-state index in [1.54, 1.807) is 0 Å². The number of rotatable bonds is 2. The van der Waals surface area contributed by atoms with Crippen molar-refractivity contribution < 1.29 is 4.79 Å². The van der Waals surface area contributed by atoms with Gasteiger partial charge >= 0.3 is 0 Å². The van der Waals surface area contributed by atoms with Crippen LogP contribution in [0.1, 0.15) is 32.8 Å².